The van der Waals surface area contributed by atoms with Crippen LogP contribution < -0.4 is 5.32 Å². The molecular formula is C22H17Cl2N3O. The maximum atomic E-state index is 12.5. The molecule has 0 spiro atoms. The Kier molecular flexibility index (Phi) is 5.89. The van der Waals surface area contributed by atoms with E-state index in [2.05, 4.69) is 9.88 Å². The smallest absolute Gasteiger partial charge is 0.266 e. The summed E-state index contributed by atoms with van der Waals surface area (Å²) >= 11 is 11.9. The molecule has 0 unspecified atom stereocenters. The van der Waals surface area contributed by atoms with Gasteiger partial charge in [-0.15, -0.1) is 0 Å². The van der Waals surface area contributed by atoms with E-state index in [-0.39, 0.29) is 5.57 Å². The predicted octanol–water partition coefficient (Wildman–Crippen LogP) is 5.95. The Morgan fingerprint density at radius 2 is 1.79 bits per heavy atom. The van der Waals surface area contributed by atoms with Gasteiger partial charge in [0, 0.05) is 22.8 Å². The van der Waals surface area contributed by atoms with E-state index in [9.17, 15) is 10.1 Å². The molecule has 0 aliphatic carbocycles. The van der Waals surface area contributed by atoms with Crippen molar-refractivity contribution >= 4 is 40.9 Å². The molecule has 4 nitrogen and oxygen atoms in total. The minimum absolute atomic E-state index is 0.000570. The van der Waals surface area contributed by atoms with Gasteiger partial charge in [-0.05, 0) is 61.9 Å². The second-order valence-corrected chi connectivity index (χ2v) is 7.06. The number of hydrogen-bond donors (Lipinski definition) is 1. The minimum Gasteiger partial charge on any atom is -0.321 e. The minimum atomic E-state index is -0.509. The number of nitrogens with zero attached hydrogens (tertiary/aromatic N) is 2. The molecule has 0 radical (unpaired) electrons. The van der Waals surface area contributed by atoms with Crippen LogP contribution in [-0.4, -0.2) is 10.5 Å². The lowest BCUT2D eigenvalue weighted by molar-refractivity contribution is -0.112. The van der Waals surface area contributed by atoms with Gasteiger partial charge < -0.3 is 9.88 Å². The van der Waals surface area contributed by atoms with E-state index in [1.807, 2.05) is 56.3 Å². The highest BCUT2D eigenvalue weighted by atomic mass is 35.5. The number of amides is 1. The Balaban J connectivity index is 1.91. The maximum absolute atomic E-state index is 12.5. The number of carbonyl (C=O) groups is 1. The zero-order valence-electron chi connectivity index (χ0n) is 15.3. The van der Waals surface area contributed by atoms with Crippen LogP contribution in [0.1, 0.15) is 17.0 Å². The summed E-state index contributed by atoms with van der Waals surface area (Å²) in [6, 6.07) is 18.6. The van der Waals surface area contributed by atoms with Gasteiger partial charge >= 0.3 is 0 Å². The second-order valence-electron chi connectivity index (χ2n) is 6.25. The molecule has 0 aliphatic rings. The lowest BCUT2D eigenvalue weighted by Gasteiger charge is -2.09. The van der Waals surface area contributed by atoms with E-state index < -0.39 is 5.91 Å². The highest BCUT2D eigenvalue weighted by Crippen LogP contribution is 2.26. The Hall–Kier alpha value is -3.00. The normalized spacial score (nSPS) is 11.2. The third kappa shape index (κ3) is 4.12. The highest BCUT2D eigenvalue weighted by Gasteiger charge is 2.14. The van der Waals surface area contributed by atoms with Crippen molar-refractivity contribution in [1.29, 1.82) is 5.26 Å². The zero-order chi connectivity index (χ0) is 20.3. The quantitative estimate of drug-likeness (QED) is 0.427. The van der Waals surface area contributed by atoms with Crippen LogP contribution in [-0.2, 0) is 4.79 Å². The number of nitriles is 1. The molecule has 0 fully saturated rings. The number of benzene rings is 2. The number of hydrogen-bond acceptors (Lipinski definition) is 2. The van der Waals surface area contributed by atoms with Crippen molar-refractivity contribution in [3.05, 3.63) is 87.2 Å². The third-order valence-electron chi connectivity index (χ3n) is 4.33. The van der Waals surface area contributed by atoms with Crippen LogP contribution in [0.5, 0.6) is 0 Å². The molecule has 1 heterocycles. The van der Waals surface area contributed by atoms with Crippen molar-refractivity contribution in [3.8, 4) is 11.8 Å². The summed E-state index contributed by atoms with van der Waals surface area (Å²) in [7, 11) is 0. The fraction of sp³-hybridized carbons (Fsp3) is 0.0909. The fourth-order valence-corrected chi connectivity index (χ4v) is 3.28. The third-order valence-corrected chi connectivity index (χ3v) is 5.07. The van der Waals surface area contributed by atoms with Gasteiger partial charge in [0.05, 0.1) is 10.0 Å². The first-order chi connectivity index (χ1) is 13.4. The van der Waals surface area contributed by atoms with E-state index in [0.29, 0.717) is 15.7 Å². The average molecular weight is 410 g/mol. The Morgan fingerprint density at radius 1 is 1.07 bits per heavy atom. The number of carbonyl (C=O) groups excluding carboxylic acids is 1. The topological polar surface area (TPSA) is 57.8 Å². The van der Waals surface area contributed by atoms with Gasteiger partial charge in [0.2, 0.25) is 0 Å². The van der Waals surface area contributed by atoms with Gasteiger partial charge in [0.25, 0.3) is 5.91 Å². The summed E-state index contributed by atoms with van der Waals surface area (Å²) in [5.41, 5.74) is 4.25. The van der Waals surface area contributed by atoms with Gasteiger partial charge in [0.15, 0.2) is 0 Å². The van der Waals surface area contributed by atoms with Crippen LogP contribution in [0.2, 0.25) is 10.0 Å². The molecule has 0 aliphatic heterocycles. The number of aromatic nitrogens is 1. The van der Waals surface area contributed by atoms with Gasteiger partial charge in [-0.2, -0.15) is 5.26 Å². The average Bonchev–Trinajstić information content (AvgIpc) is 2.96. The molecule has 28 heavy (non-hydrogen) atoms. The SMILES string of the molecule is Cc1cc(/C=C(/C#N)C(=O)Nc2ccc(Cl)c(Cl)c2)c(C)n1-c1ccccc1. The van der Waals surface area contributed by atoms with Crippen LogP contribution in [0.25, 0.3) is 11.8 Å². The van der Waals surface area contributed by atoms with E-state index in [0.717, 1.165) is 22.6 Å². The largest absolute Gasteiger partial charge is 0.321 e. The summed E-state index contributed by atoms with van der Waals surface area (Å²) in [4.78, 5) is 12.5. The molecule has 1 amide bonds. The Morgan fingerprint density at radius 3 is 2.43 bits per heavy atom. The van der Waals surface area contributed by atoms with Crippen LogP contribution in [0, 0.1) is 25.2 Å². The molecule has 6 heteroatoms. The summed E-state index contributed by atoms with van der Waals surface area (Å²) in [5, 5.41) is 12.9. The van der Waals surface area contributed by atoms with Crippen LogP contribution in [0.3, 0.4) is 0 Å². The molecule has 0 bridgehead atoms. The molecule has 3 aromatic rings. The Labute approximate surface area is 173 Å². The van der Waals surface area contributed by atoms with Crippen molar-refractivity contribution in [2.24, 2.45) is 0 Å². The number of anilines is 1. The van der Waals surface area contributed by atoms with Crippen molar-refractivity contribution < 1.29 is 4.79 Å². The van der Waals surface area contributed by atoms with Crippen LogP contribution >= 0.6 is 23.2 Å². The number of nitrogens with one attached hydrogen (secondary N) is 1. The van der Waals surface area contributed by atoms with Gasteiger partial charge in [-0.25, -0.2) is 0 Å². The molecule has 1 N–H and O–H groups in total. The van der Waals surface area contributed by atoms with Gasteiger partial charge in [0.1, 0.15) is 11.6 Å². The number of para-hydroxylation sites is 1. The molecule has 0 saturated heterocycles. The lowest BCUT2D eigenvalue weighted by atomic mass is 10.1. The molecule has 140 valence electrons. The van der Waals surface area contributed by atoms with E-state index in [1.165, 1.54) is 6.07 Å². The van der Waals surface area contributed by atoms with Gasteiger partial charge in [-0.1, -0.05) is 41.4 Å². The van der Waals surface area contributed by atoms with Crippen molar-refractivity contribution in [3.63, 3.8) is 0 Å². The molecule has 1 aromatic heterocycles. The first kappa shape index (κ1) is 19.8. The predicted molar refractivity (Wildman–Crippen MR) is 114 cm³/mol. The summed E-state index contributed by atoms with van der Waals surface area (Å²) in [5.74, 6) is -0.509. The first-order valence-electron chi connectivity index (χ1n) is 8.53. The van der Waals surface area contributed by atoms with Crippen molar-refractivity contribution in [2.75, 3.05) is 5.32 Å². The number of aryl methyl sites for hydroxylation is 1. The maximum Gasteiger partial charge on any atom is 0.266 e. The summed E-state index contributed by atoms with van der Waals surface area (Å²) in [6.07, 6.45) is 1.59. The molecule has 3 rings (SSSR count). The highest BCUT2D eigenvalue weighted by molar-refractivity contribution is 6.42. The Bertz CT molecular complexity index is 1110. The first-order valence-corrected chi connectivity index (χ1v) is 9.29. The van der Waals surface area contributed by atoms with E-state index in [4.69, 9.17) is 23.2 Å². The standard InChI is InChI=1S/C22H17Cl2N3O/c1-14-10-16(15(2)27(14)19-6-4-3-5-7-19)11-17(13-25)22(28)26-18-8-9-20(23)21(24)12-18/h3-12H,1-2H3,(H,26,28)/b17-11-. The molecular weight excluding hydrogens is 393 g/mol. The number of rotatable bonds is 4. The fourth-order valence-electron chi connectivity index (χ4n) is 2.98. The monoisotopic (exact) mass is 409 g/mol. The summed E-state index contributed by atoms with van der Waals surface area (Å²) < 4.78 is 2.08. The van der Waals surface area contributed by atoms with Crippen LogP contribution in [0.15, 0.2) is 60.2 Å². The zero-order valence-corrected chi connectivity index (χ0v) is 16.8. The summed E-state index contributed by atoms with van der Waals surface area (Å²) in [6.45, 7) is 3.94. The molecule has 2 aromatic carbocycles. The molecule has 0 saturated carbocycles. The van der Waals surface area contributed by atoms with Gasteiger partial charge in [-0.3, -0.25) is 4.79 Å². The number of halogens is 2. The second kappa shape index (κ2) is 8.35. The molecule has 0 atom stereocenters. The van der Waals surface area contributed by atoms with E-state index in [1.54, 1.807) is 18.2 Å². The van der Waals surface area contributed by atoms with Crippen molar-refractivity contribution in [1.82, 2.24) is 4.57 Å². The van der Waals surface area contributed by atoms with Crippen molar-refractivity contribution in [2.45, 2.75) is 13.8 Å². The van der Waals surface area contributed by atoms with E-state index >= 15 is 0 Å². The van der Waals surface area contributed by atoms with Crippen LogP contribution in [0.4, 0.5) is 5.69 Å². The lowest BCUT2D eigenvalue weighted by Crippen LogP contribution is -2.13.